The minimum absolute atomic E-state index is 0.232. The second-order valence-electron chi connectivity index (χ2n) is 2.66. The SMILES string of the molecule is C#CCSc1cc(C(=O)O)ccc1OC. The molecule has 0 aliphatic rings. The van der Waals surface area contributed by atoms with Crippen LogP contribution in [0.4, 0.5) is 0 Å². The van der Waals surface area contributed by atoms with Crippen molar-refractivity contribution in [1.82, 2.24) is 0 Å². The van der Waals surface area contributed by atoms with Gasteiger partial charge in [0.25, 0.3) is 0 Å². The molecule has 15 heavy (non-hydrogen) atoms. The Bertz CT molecular complexity index is 407. The first-order valence-corrected chi connectivity index (χ1v) is 5.15. The molecular weight excluding hydrogens is 212 g/mol. The third-order valence-electron chi connectivity index (χ3n) is 1.72. The Kier molecular flexibility index (Phi) is 4.07. The summed E-state index contributed by atoms with van der Waals surface area (Å²) in [6, 6.07) is 4.69. The van der Waals surface area contributed by atoms with Crippen LogP contribution in [0.1, 0.15) is 10.4 Å². The van der Waals surface area contributed by atoms with E-state index in [0.29, 0.717) is 11.5 Å². The Labute approximate surface area is 92.4 Å². The largest absolute Gasteiger partial charge is 0.496 e. The van der Waals surface area contributed by atoms with E-state index in [1.807, 2.05) is 0 Å². The fraction of sp³-hybridized carbons (Fsp3) is 0.182. The first kappa shape index (κ1) is 11.5. The van der Waals surface area contributed by atoms with E-state index in [1.54, 1.807) is 12.1 Å². The lowest BCUT2D eigenvalue weighted by molar-refractivity contribution is 0.0696. The van der Waals surface area contributed by atoms with Crippen LogP contribution in [-0.4, -0.2) is 23.9 Å². The molecule has 0 amide bonds. The van der Waals surface area contributed by atoms with Crippen LogP contribution in [0.3, 0.4) is 0 Å². The number of aromatic carboxylic acids is 1. The van der Waals surface area contributed by atoms with Gasteiger partial charge in [-0.25, -0.2) is 4.79 Å². The highest BCUT2D eigenvalue weighted by Gasteiger charge is 2.08. The second-order valence-corrected chi connectivity index (χ2v) is 3.68. The highest BCUT2D eigenvalue weighted by molar-refractivity contribution is 7.99. The van der Waals surface area contributed by atoms with E-state index in [9.17, 15) is 4.79 Å². The van der Waals surface area contributed by atoms with Crippen molar-refractivity contribution in [3.05, 3.63) is 23.8 Å². The number of carbonyl (C=O) groups is 1. The number of rotatable bonds is 4. The fourth-order valence-electron chi connectivity index (χ4n) is 1.04. The quantitative estimate of drug-likeness (QED) is 0.626. The Morgan fingerprint density at radius 2 is 2.40 bits per heavy atom. The molecule has 0 aliphatic carbocycles. The molecule has 0 aromatic heterocycles. The van der Waals surface area contributed by atoms with E-state index in [2.05, 4.69) is 5.92 Å². The van der Waals surface area contributed by atoms with E-state index in [-0.39, 0.29) is 5.56 Å². The zero-order valence-electron chi connectivity index (χ0n) is 8.19. The number of hydrogen-bond donors (Lipinski definition) is 1. The van der Waals surface area contributed by atoms with Gasteiger partial charge in [-0.15, -0.1) is 18.2 Å². The Balaban J connectivity index is 3.03. The predicted molar refractivity (Wildman–Crippen MR) is 59.5 cm³/mol. The molecule has 3 nitrogen and oxygen atoms in total. The topological polar surface area (TPSA) is 46.5 Å². The molecule has 0 spiro atoms. The summed E-state index contributed by atoms with van der Waals surface area (Å²) >= 11 is 1.38. The van der Waals surface area contributed by atoms with Crippen molar-refractivity contribution < 1.29 is 14.6 Å². The molecule has 1 aromatic carbocycles. The number of benzene rings is 1. The molecule has 78 valence electrons. The van der Waals surface area contributed by atoms with Gasteiger partial charge in [0.2, 0.25) is 0 Å². The number of methoxy groups -OCH3 is 1. The highest BCUT2D eigenvalue weighted by Crippen LogP contribution is 2.29. The molecule has 0 radical (unpaired) electrons. The van der Waals surface area contributed by atoms with Crippen LogP contribution < -0.4 is 4.74 Å². The summed E-state index contributed by atoms with van der Waals surface area (Å²) in [6.07, 6.45) is 5.14. The highest BCUT2D eigenvalue weighted by atomic mass is 32.2. The standard InChI is InChI=1S/C11H10O3S/c1-3-6-15-10-7-8(11(12)13)4-5-9(10)14-2/h1,4-5,7H,6H2,2H3,(H,12,13). The Morgan fingerprint density at radius 3 is 2.93 bits per heavy atom. The van der Waals surface area contributed by atoms with Crippen molar-refractivity contribution in [2.75, 3.05) is 12.9 Å². The van der Waals surface area contributed by atoms with Crippen molar-refractivity contribution >= 4 is 17.7 Å². The van der Waals surface area contributed by atoms with Gasteiger partial charge in [0, 0.05) is 0 Å². The third-order valence-corrected chi connectivity index (χ3v) is 2.66. The first-order valence-electron chi connectivity index (χ1n) is 4.16. The zero-order valence-corrected chi connectivity index (χ0v) is 9.00. The summed E-state index contributed by atoms with van der Waals surface area (Å²) in [5, 5.41) is 8.81. The Hall–Kier alpha value is -1.60. The van der Waals surface area contributed by atoms with Gasteiger partial charge in [-0.2, -0.15) is 0 Å². The number of ether oxygens (including phenoxy) is 1. The fourth-order valence-corrected chi connectivity index (χ4v) is 1.78. The van der Waals surface area contributed by atoms with Gasteiger partial charge < -0.3 is 9.84 Å². The average Bonchev–Trinajstić information content (AvgIpc) is 2.25. The normalized spacial score (nSPS) is 9.33. The molecular formula is C11H10O3S. The van der Waals surface area contributed by atoms with Crippen LogP contribution in [0.25, 0.3) is 0 Å². The monoisotopic (exact) mass is 222 g/mol. The second kappa shape index (κ2) is 5.32. The van der Waals surface area contributed by atoms with Crippen molar-refractivity contribution in [3.63, 3.8) is 0 Å². The minimum Gasteiger partial charge on any atom is -0.496 e. The maximum absolute atomic E-state index is 10.7. The Morgan fingerprint density at radius 1 is 1.67 bits per heavy atom. The van der Waals surface area contributed by atoms with Gasteiger partial charge in [-0.1, -0.05) is 5.92 Å². The number of carboxylic acids is 1. The van der Waals surface area contributed by atoms with Crippen LogP contribution in [-0.2, 0) is 0 Å². The average molecular weight is 222 g/mol. The lowest BCUT2D eigenvalue weighted by Crippen LogP contribution is -1.97. The summed E-state index contributed by atoms with van der Waals surface area (Å²) in [4.78, 5) is 11.5. The lowest BCUT2D eigenvalue weighted by Gasteiger charge is -2.07. The van der Waals surface area contributed by atoms with E-state index in [4.69, 9.17) is 16.3 Å². The van der Waals surface area contributed by atoms with E-state index in [1.165, 1.54) is 24.9 Å². The third kappa shape index (κ3) is 2.93. The zero-order chi connectivity index (χ0) is 11.3. The van der Waals surface area contributed by atoms with Gasteiger partial charge in [-0.3, -0.25) is 0 Å². The van der Waals surface area contributed by atoms with Gasteiger partial charge >= 0.3 is 5.97 Å². The maximum Gasteiger partial charge on any atom is 0.335 e. The van der Waals surface area contributed by atoms with Crippen molar-refractivity contribution in [2.45, 2.75) is 4.90 Å². The molecule has 0 saturated heterocycles. The number of terminal acetylenes is 1. The van der Waals surface area contributed by atoms with Crippen LogP contribution >= 0.6 is 11.8 Å². The molecule has 0 heterocycles. The van der Waals surface area contributed by atoms with Crippen molar-refractivity contribution in [1.29, 1.82) is 0 Å². The van der Waals surface area contributed by atoms with Gasteiger partial charge in [-0.05, 0) is 18.2 Å². The van der Waals surface area contributed by atoms with Crippen LogP contribution in [0.15, 0.2) is 23.1 Å². The predicted octanol–water partition coefficient (Wildman–Crippen LogP) is 2.12. The summed E-state index contributed by atoms with van der Waals surface area (Å²) in [5.41, 5.74) is 0.232. The molecule has 0 atom stereocenters. The summed E-state index contributed by atoms with van der Waals surface area (Å²) in [6.45, 7) is 0. The van der Waals surface area contributed by atoms with Crippen LogP contribution in [0.5, 0.6) is 5.75 Å². The molecule has 0 bridgehead atoms. The molecule has 1 aromatic rings. The molecule has 0 saturated carbocycles. The summed E-state index contributed by atoms with van der Waals surface area (Å²) < 4.78 is 5.09. The van der Waals surface area contributed by atoms with Crippen LogP contribution in [0.2, 0.25) is 0 Å². The van der Waals surface area contributed by atoms with Gasteiger partial charge in [0.1, 0.15) is 5.75 Å². The number of carboxylic acid groups (broad SMARTS) is 1. The van der Waals surface area contributed by atoms with Gasteiger partial charge in [0.15, 0.2) is 0 Å². The molecule has 0 unspecified atom stereocenters. The van der Waals surface area contributed by atoms with E-state index >= 15 is 0 Å². The smallest absolute Gasteiger partial charge is 0.335 e. The molecule has 1 N–H and O–H groups in total. The molecule has 1 rings (SSSR count). The lowest BCUT2D eigenvalue weighted by atomic mass is 10.2. The summed E-state index contributed by atoms with van der Waals surface area (Å²) in [5.74, 6) is 2.64. The van der Waals surface area contributed by atoms with E-state index < -0.39 is 5.97 Å². The summed E-state index contributed by atoms with van der Waals surface area (Å²) in [7, 11) is 1.54. The number of hydrogen-bond acceptors (Lipinski definition) is 3. The first-order chi connectivity index (χ1) is 7.19. The maximum atomic E-state index is 10.7. The molecule has 0 aliphatic heterocycles. The van der Waals surface area contributed by atoms with Gasteiger partial charge in [0.05, 0.1) is 23.3 Å². The van der Waals surface area contributed by atoms with Crippen molar-refractivity contribution in [3.8, 4) is 18.1 Å². The molecule has 4 heteroatoms. The van der Waals surface area contributed by atoms with Crippen molar-refractivity contribution in [2.24, 2.45) is 0 Å². The molecule has 0 fully saturated rings. The number of thioether (sulfide) groups is 1. The minimum atomic E-state index is -0.958. The van der Waals surface area contributed by atoms with Crippen LogP contribution in [0, 0.1) is 12.3 Å². The van der Waals surface area contributed by atoms with E-state index in [0.717, 1.165) is 4.90 Å².